The molecular weight excluding hydrogens is 342 g/mol. The summed E-state index contributed by atoms with van der Waals surface area (Å²) in [5.41, 5.74) is -3.62. The summed E-state index contributed by atoms with van der Waals surface area (Å²) in [7, 11) is 0. The molecule has 0 aliphatic rings. The van der Waals surface area contributed by atoms with Gasteiger partial charge in [0, 0.05) is 11.2 Å². The zero-order chi connectivity index (χ0) is 18.1. The molecule has 0 saturated heterocycles. The Morgan fingerprint density at radius 2 is 1.39 bits per heavy atom. The van der Waals surface area contributed by atoms with Crippen molar-refractivity contribution in [3.8, 4) is 0 Å². The van der Waals surface area contributed by atoms with Crippen molar-refractivity contribution >= 4 is 23.0 Å². The van der Waals surface area contributed by atoms with E-state index in [9.17, 15) is 26.3 Å². The molecule has 0 saturated carbocycles. The number of alkyl halides is 6. The predicted molar refractivity (Wildman–Crippen MR) is 80.2 cm³/mol. The zero-order valence-electron chi connectivity index (χ0n) is 12.6. The summed E-state index contributed by atoms with van der Waals surface area (Å²) in [5, 5.41) is 5.15. The first-order valence-electron chi connectivity index (χ1n) is 6.63. The quantitative estimate of drug-likeness (QED) is 0.574. The van der Waals surface area contributed by atoms with E-state index in [1.807, 2.05) is 6.92 Å². The normalized spacial score (nSPS) is 12.9. The molecule has 0 radical (unpaired) electrons. The van der Waals surface area contributed by atoms with Gasteiger partial charge >= 0.3 is 12.4 Å². The van der Waals surface area contributed by atoms with Crippen molar-refractivity contribution in [3.05, 3.63) is 29.3 Å². The molecule has 130 valence electrons. The van der Waals surface area contributed by atoms with Crippen LogP contribution in [0.4, 0.5) is 32.0 Å². The molecule has 2 N–H and O–H groups in total. The Balaban J connectivity index is 3.14. The minimum Gasteiger partial charge on any atom is -0.358 e. The lowest BCUT2D eigenvalue weighted by atomic mass is 10.0. The van der Waals surface area contributed by atoms with Crippen LogP contribution in [-0.4, -0.2) is 10.7 Å². The van der Waals surface area contributed by atoms with Gasteiger partial charge in [0.1, 0.15) is 0 Å². The van der Waals surface area contributed by atoms with Crippen LogP contribution in [-0.2, 0) is 12.4 Å². The third-order valence-electron chi connectivity index (χ3n) is 3.18. The Morgan fingerprint density at radius 3 is 1.74 bits per heavy atom. The highest BCUT2D eigenvalue weighted by molar-refractivity contribution is 7.80. The minimum atomic E-state index is -4.89. The molecular formula is C14H16F6N2S. The molecule has 2 nitrogen and oxygen atoms in total. The van der Waals surface area contributed by atoms with E-state index in [1.165, 1.54) is 0 Å². The van der Waals surface area contributed by atoms with E-state index in [0.29, 0.717) is 18.6 Å². The first-order chi connectivity index (χ1) is 10.2. The maximum absolute atomic E-state index is 12.8. The molecule has 23 heavy (non-hydrogen) atoms. The average Bonchev–Trinajstić information content (AvgIpc) is 2.35. The molecule has 0 bridgehead atoms. The third kappa shape index (κ3) is 5.89. The highest BCUT2D eigenvalue weighted by atomic mass is 32.1. The fourth-order valence-corrected chi connectivity index (χ4v) is 1.98. The number of hydrogen-bond acceptors (Lipinski definition) is 1. The number of anilines is 1. The lowest BCUT2D eigenvalue weighted by Gasteiger charge is -2.26. The molecule has 0 fully saturated rings. The highest BCUT2D eigenvalue weighted by Crippen LogP contribution is 2.37. The van der Waals surface area contributed by atoms with E-state index in [0.717, 1.165) is 0 Å². The Bertz CT molecular complexity index is 545. The predicted octanol–water partition coefficient (Wildman–Crippen LogP) is 5.20. The van der Waals surface area contributed by atoms with Crippen molar-refractivity contribution in [3.63, 3.8) is 0 Å². The first-order valence-corrected chi connectivity index (χ1v) is 7.04. The Kier molecular flexibility index (Phi) is 5.56. The summed E-state index contributed by atoms with van der Waals surface area (Å²) >= 11 is 4.94. The van der Waals surface area contributed by atoms with Crippen molar-refractivity contribution in [2.24, 2.45) is 0 Å². The Hall–Kier alpha value is -1.51. The average molecular weight is 358 g/mol. The number of thiocarbonyl (C=S) groups is 1. The van der Waals surface area contributed by atoms with E-state index in [2.05, 4.69) is 10.6 Å². The van der Waals surface area contributed by atoms with Gasteiger partial charge < -0.3 is 10.6 Å². The van der Waals surface area contributed by atoms with Gasteiger partial charge in [0.15, 0.2) is 5.11 Å². The van der Waals surface area contributed by atoms with Gasteiger partial charge in [-0.3, -0.25) is 0 Å². The Morgan fingerprint density at radius 1 is 0.957 bits per heavy atom. The largest absolute Gasteiger partial charge is 0.416 e. The third-order valence-corrected chi connectivity index (χ3v) is 3.39. The van der Waals surface area contributed by atoms with Gasteiger partial charge in [-0.15, -0.1) is 0 Å². The van der Waals surface area contributed by atoms with Crippen LogP contribution in [0, 0.1) is 0 Å². The molecule has 0 aliphatic carbocycles. The van der Waals surface area contributed by atoms with E-state index >= 15 is 0 Å². The molecule has 0 atom stereocenters. The summed E-state index contributed by atoms with van der Waals surface area (Å²) in [6.45, 7) is 5.46. The second-order valence-electron chi connectivity index (χ2n) is 5.61. The lowest BCUT2D eigenvalue weighted by Crippen LogP contribution is -2.44. The second kappa shape index (κ2) is 6.54. The molecule has 1 rings (SSSR count). The molecule has 0 spiro atoms. The van der Waals surface area contributed by atoms with Crippen molar-refractivity contribution in [2.75, 3.05) is 5.32 Å². The molecule has 0 amide bonds. The molecule has 1 aromatic carbocycles. The van der Waals surface area contributed by atoms with Crippen molar-refractivity contribution < 1.29 is 26.3 Å². The van der Waals surface area contributed by atoms with E-state index in [4.69, 9.17) is 12.2 Å². The maximum Gasteiger partial charge on any atom is 0.416 e. The van der Waals surface area contributed by atoms with Gasteiger partial charge in [0.25, 0.3) is 0 Å². The molecule has 0 heterocycles. The summed E-state index contributed by atoms with van der Waals surface area (Å²) in [5.74, 6) is 0. The fourth-order valence-electron chi connectivity index (χ4n) is 1.59. The van der Waals surface area contributed by atoms with Crippen LogP contribution in [0.15, 0.2) is 18.2 Å². The number of benzene rings is 1. The van der Waals surface area contributed by atoms with Gasteiger partial charge in [-0.25, -0.2) is 0 Å². The van der Waals surface area contributed by atoms with E-state index in [-0.39, 0.29) is 16.9 Å². The van der Waals surface area contributed by atoms with Gasteiger partial charge in [-0.2, -0.15) is 26.3 Å². The first kappa shape index (κ1) is 19.5. The summed E-state index contributed by atoms with van der Waals surface area (Å²) in [6.07, 6.45) is -9.13. The number of hydrogen-bond donors (Lipinski definition) is 2. The SMILES string of the molecule is CCC(C)(C)NC(=S)Nc1cc(C(F)(F)F)cc(C(F)(F)F)c1. The van der Waals surface area contributed by atoms with Gasteiger partial charge in [-0.1, -0.05) is 6.92 Å². The fraction of sp³-hybridized carbons (Fsp3) is 0.500. The van der Waals surface area contributed by atoms with Crippen LogP contribution >= 0.6 is 12.2 Å². The molecule has 0 unspecified atom stereocenters. The number of nitrogens with one attached hydrogen (secondary N) is 2. The van der Waals surface area contributed by atoms with Crippen molar-refractivity contribution in [1.29, 1.82) is 0 Å². The Labute approximate surface area is 135 Å². The summed E-state index contributed by atoms with van der Waals surface area (Å²) < 4.78 is 76.5. The summed E-state index contributed by atoms with van der Waals surface area (Å²) in [4.78, 5) is 0. The van der Waals surface area contributed by atoms with E-state index in [1.54, 1.807) is 13.8 Å². The van der Waals surface area contributed by atoms with Crippen LogP contribution < -0.4 is 10.6 Å². The van der Waals surface area contributed by atoms with Gasteiger partial charge in [0.2, 0.25) is 0 Å². The van der Waals surface area contributed by atoms with Crippen LogP contribution in [0.1, 0.15) is 38.3 Å². The topological polar surface area (TPSA) is 24.1 Å². The molecule has 0 aromatic heterocycles. The highest BCUT2D eigenvalue weighted by Gasteiger charge is 2.37. The number of halogens is 6. The van der Waals surface area contributed by atoms with Crippen LogP contribution in [0.2, 0.25) is 0 Å². The monoisotopic (exact) mass is 358 g/mol. The lowest BCUT2D eigenvalue weighted by molar-refractivity contribution is -0.143. The molecule has 0 aliphatic heterocycles. The van der Waals surface area contributed by atoms with Crippen molar-refractivity contribution in [1.82, 2.24) is 5.32 Å². The standard InChI is InChI=1S/C14H16F6N2S/c1-4-12(2,3)22-11(23)21-10-6-8(13(15,16)17)5-9(7-10)14(18,19)20/h5-7H,4H2,1-3H3,(H2,21,22,23). The number of rotatable bonds is 3. The van der Waals surface area contributed by atoms with Gasteiger partial charge in [0.05, 0.1) is 11.1 Å². The van der Waals surface area contributed by atoms with E-state index < -0.39 is 29.0 Å². The molecule has 1 aromatic rings. The molecule has 9 heteroatoms. The minimum absolute atomic E-state index is 0.0516. The van der Waals surface area contributed by atoms with Gasteiger partial charge in [-0.05, 0) is 50.7 Å². The second-order valence-corrected chi connectivity index (χ2v) is 6.02. The smallest absolute Gasteiger partial charge is 0.358 e. The van der Waals surface area contributed by atoms with Crippen LogP contribution in [0.3, 0.4) is 0 Å². The summed E-state index contributed by atoms with van der Waals surface area (Å²) in [6, 6.07) is 1.24. The van der Waals surface area contributed by atoms with Crippen molar-refractivity contribution in [2.45, 2.75) is 45.1 Å². The maximum atomic E-state index is 12.8. The van der Waals surface area contributed by atoms with Crippen LogP contribution in [0.25, 0.3) is 0 Å². The zero-order valence-corrected chi connectivity index (χ0v) is 13.4. The van der Waals surface area contributed by atoms with Crippen LogP contribution in [0.5, 0.6) is 0 Å².